The minimum atomic E-state index is -0.513. The van der Waals surface area contributed by atoms with Crippen LogP contribution < -0.4 is 4.90 Å². The molecule has 2 aromatic heterocycles. The molecule has 0 spiro atoms. The van der Waals surface area contributed by atoms with Crippen LogP contribution in [0.15, 0.2) is 60.0 Å². The van der Waals surface area contributed by atoms with E-state index in [0.29, 0.717) is 10.8 Å². The van der Waals surface area contributed by atoms with Crippen LogP contribution in [0.1, 0.15) is 30.6 Å². The first-order valence-electron chi connectivity index (χ1n) is 10.2. The third-order valence-electron chi connectivity index (χ3n) is 5.10. The van der Waals surface area contributed by atoms with E-state index in [1.54, 1.807) is 46.9 Å². The van der Waals surface area contributed by atoms with Crippen molar-refractivity contribution in [2.75, 3.05) is 11.9 Å². The second-order valence-electron chi connectivity index (χ2n) is 7.34. The number of hydrogen-bond acceptors (Lipinski definition) is 6. The molecule has 6 nitrogen and oxygen atoms in total. The lowest BCUT2D eigenvalue weighted by molar-refractivity contribution is -0.126. The lowest BCUT2D eigenvalue weighted by Gasteiger charge is -2.21. The number of hydrogen-bond donors (Lipinski definition) is 0. The van der Waals surface area contributed by atoms with Gasteiger partial charge < -0.3 is 4.90 Å². The molecule has 0 bridgehead atoms. The zero-order chi connectivity index (χ0) is 23.5. The van der Waals surface area contributed by atoms with Crippen LogP contribution in [0.2, 0.25) is 0 Å². The van der Waals surface area contributed by atoms with E-state index >= 15 is 0 Å². The summed E-state index contributed by atoms with van der Waals surface area (Å²) in [6.07, 6.45) is 3.02. The highest BCUT2D eigenvalue weighted by atomic mass is 32.1. The van der Waals surface area contributed by atoms with Gasteiger partial charge in [0.1, 0.15) is 10.8 Å². The highest BCUT2D eigenvalue weighted by Gasteiger charge is 2.21. The van der Waals surface area contributed by atoms with Crippen molar-refractivity contribution in [2.45, 2.75) is 19.9 Å². The number of carbonyl (C=O) groups is 2. The summed E-state index contributed by atoms with van der Waals surface area (Å²) in [5.74, 6) is -1.07. The summed E-state index contributed by atoms with van der Waals surface area (Å²) in [5.41, 5.74) is 1.56. The van der Waals surface area contributed by atoms with E-state index in [9.17, 15) is 14.0 Å². The largest absolute Gasteiger partial charge is 0.333 e. The first-order valence-corrected chi connectivity index (χ1v) is 11.9. The number of benzene rings is 2. The Hall–Kier alpha value is -3.43. The van der Waals surface area contributed by atoms with Crippen molar-refractivity contribution in [3.05, 3.63) is 76.5 Å². The van der Waals surface area contributed by atoms with Crippen LogP contribution in [-0.2, 0) is 9.59 Å². The normalized spacial score (nSPS) is 12.2. The maximum atomic E-state index is 14.2. The standard InChI is InChI=1S/C24H21FN4O2S2/c1-15(23-27-19-9-5-7-11-21(19)33-23)28(3)22(31)13-12-17-14-32-24(26-17)29(16(2)30)20-10-6-4-8-18(20)25/h4-15H,1-3H3/b13-12+. The van der Waals surface area contributed by atoms with Crippen molar-refractivity contribution in [3.63, 3.8) is 0 Å². The number of aromatic nitrogens is 2. The van der Waals surface area contributed by atoms with Crippen LogP contribution in [0.3, 0.4) is 0 Å². The quantitative estimate of drug-likeness (QED) is 0.327. The van der Waals surface area contributed by atoms with Gasteiger partial charge in [0.25, 0.3) is 0 Å². The van der Waals surface area contributed by atoms with E-state index in [4.69, 9.17) is 0 Å². The van der Waals surface area contributed by atoms with E-state index in [-0.39, 0.29) is 23.5 Å². The fraction of sp³-hybridized carbons (Fsp3) is 0.167. The lowest BCUT2D eigenvalue weighted by Crippen LogP contribution is -2.27. The highest BCUT2D eigenvalue weighted by molar-refractivity contribution is 7.18. The monoisotopic (exact) mass is 480 g/mol. The zero-order valence-electron chi connectivity index (χ0n) is 18.2. The van der Waals surface area contributed by atoms with Crippen LogP contribution in [-0.4, -0.2) is 33.7 Å². The molecule has 0 fully saturated rings. The number of amides is 2. The van der Waals surface area contributed by atoms with Gasteiger partial charge in [0.05, 0.1) is 27.6 Å². The Morgan fingerprint density at radius 2 is 1.82 bits per heavy atom. The van der Waals surface area contributed by atoms with Gasteiger partial charge in [0.2, 0.25) is 11.8 Å². The molecule has 0 aliphatic rings. The summed E-state index contributed by atoms with van der Waals surface area (Å²) >= 11 is 2.76. The number of anilines is 2. The maximum Gasteiger partial charge on any atom is 0.246 e. The first-order chi connectivity index (χ1) is 15.8. The maximum absolute atomic E-state index is 14.2. The molecule has 0 radical (unpaired) electrons. The molecule has 2 amide bonds. The van der Waals surface area contributed by atoms with Crippen molar-refractivity contribution < 1.29 is 14.0 Å². The third kappa shape index (κ3) is 4.84. The van der Waals surface area contributed by atoms with Gasteiger partial charge in [-0.1, -0.05) is 24.3 Å². The molecule has 2 aromatic carbocycles. The number of fused-ring (bicyclic) bond motifs is 1. The third-order valence-corrected chi connectivity index (χ3v) is 7.15. The average molecular weight is 481 g/mol. The molecule has 9 heteroatoms. The SMILES string of the molecule is CC(=O)N(c1nc(/C=C/C(=O)N(C)C(C)c2nc3ccccc3s2)cs1)c1ccccc1F. The minimum absolute atomic E-state index is 0.135. The number of halogens is 1. The van der Waals surface area contributed by atoms with E-state index in [1.165, 1.54) is 41.4 Å². The molecule has 1 unspecified atom stereocenters. The van der Waals surface area contributed by atoms with E-state index in [2.05, 4.69) is 9.97 Å². The number of rotatable bonds is 6. The summed E-state index contributed by atoms with van der Waals surface area (Å²) in [7, 11) is 1.73. The number of thiazole rings is 2. The van der Waals surface area contributed by atoms with Gasteiger partial charge in [0.15, 0.2) is 5.13 Å². The minimum Gasteiger partial charge on any atom is -0.333 e. The van der Waals surface area contributed by atoms with E-state index in [0.717, 1.165) is 15.2 Å². The van der Waals surface area contributed by atoms with Crippen molar-refractivity contribution in [3.8, 4) is 0 Å². The van der Waals surface area contributed by atoms with Crippen LogP contribution in [0.4, 0.5) is 15.2 Å². The van der Waals surface area contributed by atoms with Crippen LogP contribution in [0, 0.1) is 5.82 Å². The molecular formula is C24H21FN4O2S2. The van der Waals surface area contributed by atoms with Crippen molar-refractivity contribution in [1.82, 2.24) is 14.9 Å². The molecule has 1 atom stereocenters. The van der Waals surface area contributed by atoms with Crippen LogP contribution in [0.5, 0.6) is 0 Å². The lowest BCUT2D eigenvalue weighted by atomic mass is 10.3. The summed E-state index contributed by atoms with van der Waals surface area (Å²) in [5, 5.41) is 2.90. The smallest absolute Gasteiger partial charge is 0.246 e. The molecule has 33 heavy (non-hydrogen) atoms. The molecular weight excluding hydrogens is 459 g/mol. The Bertz CT molecular complexity index is 1310. The van der Waals surface area contributed by atoms with Crippen molar-refractivity contribution >= 4 is 61.6 Å². The van der Waals surface area contributed by atoms with Gasteiger partial charge in [-0.05, 0) is 37.3 Å². The molecule has 2 heterocycles. The molecule has 0 aliphatic heterocycles. The zero-order valence-corrected chi connectivity index (χ0v) is 19.9. The number of para-hydroxylation sites is 2. The Balaban J connectivity index is 1.49. The summed E-state index contributed by atoms with van der Waals surface area (Å²) in [4.78, 5) is 36.8. The van der Waals surface area contributed by atoms with Crippen molar-refractivity contribution in [2.24, 2.45) is 0 Å². The molecule has 0 saturated carbocycles. The Labute approximate surface area is 198 Å². The van der Waals surface area contributed by atoms with Crippen LogP contribution >= 0.6 is 22.7 Å². The Morgan fingerprint density at radius 1 is 1.09 bits per heavy atom. The Morgan fingerprint density at radius 3 is 2.55 bits per heavy atom. The highest BCUT2D eigenvalue weighted by Crippen LogP contribution is 2.31. The van der Waals surface area contributed by atoms with E-state index < -0.39 is 5.82 Å². The fourth-order valence-electron chi connectivity index (χ4n) is 3.20. The summed E-state index contributed by atoms with van der Waals surface area (Å²) in [6, 6.07) is 13.7. The first kappa shape index (κ1) is 22.8. The average Bonchev–Trinajstić information content (AvgIpc) is 3.45. The fourth-order valence-corrected chi connectivity index (χ4v) is 5.11. The van der Waals surface area contributed by atoms with Gasteiger partial charge in [-0.25, -0.2) is 14.4 Å². The molecule has 0 N–H and O–H groups in total. The molecule has 4 rings (SSSR count). The summed E-state index contributed by atoms with van der Waals surface area (Å²) < 4.78 is 15.3. The van der Waals surface area contributed by atoms with Gasteiger partial charge in [-0.3, -0.25) is 14.5 Å². The predicted octanol–water partition coefficient (Wildman–Crippen LogP) is 5.81. The predicted molar refractivity (Wildman–Crippen MR) is 131 cm³/mol. The van der Waals surface area contributed by atoms with Gasteiger partial charge in [0, 0.05) is 25.4 Å². The topological polar surface area (TPSA) is 66.4 Å². The van der Waals surface area contributed by atoms with Gasteiger partial charge >= 0.3 is 0 Å². The number of carbonyl (C=O) groups excluding carboxylic acids is 2. The second-order valence-corrected chi connectivity index (χ2v) is 9.24. The van der Waals surface area contributed by atoms with Crippen molar-refractivity contribution in [1.29, 1.82) is 0 Å². The number of nitrogens with zero attached hydrogens (tertiary/aromatic N) is 4. The molecule has 0 aliphatic carbocycles. The Kier molecular flexibility index (Phi) is 6.62. The summed E-state index contributed by atoms with van der Waals surface area (Å²) in [6.45, 7) is 3.29. The van der Waals surface area contributed by atoms with Crippen LogP contribution in [0.25, 0.3) is 16.3 Å². The van der Waals surface area contributed by atoms with E-state index in [1.807, 2.05) is 31.2 Å². The molecule has 4 aromatic rings. The van der Waals surface area contributed by atoms with Gasteiger partial charge in [-0.15, -0.1) is 22.7 Å². The van der Waals surface area contributed by atoms with Gasteiger partial charge in [-0.2, -0.15) is 0 Å². The molecule has 168 valence electrons. The molecule has 0 saturated heterocycles. The second kappa shape index (κ2) is 9.60. The number of likely N-dealkylation sites (N-methyl/N-ethyl adjacent to an activating group) is 1.